The topological polar surface area (TPSA) is 72.6 Å². The van der Waals surface area contributed by atoms with Crippen molar-refractivity contribution in [3.63, 3.8) is 0 Å². The molecule has 0 atom stereocenters. The number of ether oxygens (including phenoxy) is 1. The van der Waals surface area contributed by atoms with E-state index in [1.54, 1.807) is 19.1 Å². The maximum atomic E-state index is 12.4. The molecule has 2 aromatic rings. The van der Waals surface area contributed by atoms with Crippen molar-refractivity contribution in [3.05, 3.63) is 24.1 Å². The summed E-state index contributed by atoms with van der Waals surface area (Å²) in [4.78, 5) is 4.39. The van der Waals surface area contributed by atoms with Crippen LogP contribution in [0.2, 0.25) is 0 Å². The minimum atomic E-state index is -3.48. The van der Waals surface area contributed by atoms with Gasteiger partial charge in [0.1, 0.15) is 5.52 Å². The molecule has 1 aliphatic heterocycles. The van der Waals surface area contributed by atoms with Crippen LogP contribution >= 0.6 is 0 Å². The molecule has 102 valence electrons. The van der Waals surface area contributed by atoms with Gasteiger partial charge in [0.2, 0.25) is 10.0 Å². The highest BCUT2D eigenvalue weighted by Gasteiger charge is 2.26. The number of sulfonamides is 1. The smallest absolute Gasteiger partial charge is 0.243 e. The molecule has 2 heterocycles. The van der Waals surface area contributed by atoms with Crippen LogP contribution in [0.4, 0.5) is 0 Å². The van der Waals surface area contributed by atoms with E-state index in [-0.39, 0.29) is 4.90 Å². The fraction of sp³-hybridized carbons (Fsp3) is 0.417. The second-order valence-electron chi connectivity index (χ2n) is 4.38. The quantitative estimate of drug-likeness (QED) is 0.826. The molecule has 3 rings (SSSR count). The molecule has 1 fully saturated rings. The largest absolute Gasteiger partial charge is 0.441 e. The van der Waals surface area contributed by atoms with Gasteiger partial charge in [0.15, 0.2) is 11.5 Å². The summed E-state index contributed by atoms with van der Waals surface area (Å²) in [6.45, 7) is 3.37. The Bertz CT molecular complexity index is 702. The van der Waals surface area contributed by atoms with Gasteiger partial charge >= 0.3 is 0 Å². The van der Waals surface area contributed by atoms with Gasteiger partial charge < -0.3 is 9.15 Å². The van der Waals surface area contributed by atoms with Crippen molar-refractivity contribution in [1.29, 1.82) is 0 Å². The first kappa shape index (κ1) is 12.6. The molecule has 0 spiro atoms. The van der Waals surface area contributed by atoms with Crippen LogP contribution < -0.4 is 0 Å². The van der Waals surface area contributed by atoms with E-state index in [9.17, 15) is 8.42 Å². The van der Waals surface area contributed by atoms with Gasteiger partial charge in [-0.15, -0.1) is 0 Å². The van der Waals surface area contributed by atoms with Crippen molar-refractivity contribution in [3.8, 4) is 0 Å². The molecule has 0 N–H and O–H groups in total. The highest BCUT2D eigenvalue weighted by molar-refractivity contribution is 7.89. The zero-order valence-corrected chi connectivity index (χ0v) is 11.3. The third-order valence-corrected chi connectivity index (χ3v) is 4.97. The van der Waals surface area contributed by atoms with Crippen molar-refractivity contribution < 1.29 is 17.6 Å². The third-order valence-electron chi connectivity index (χ3n) is 3.07. The van der Waals surface area contributed by atoms with Gasteiger partial charge in [-0.05, 0) is 12.1 Å². The van der Waals surface area contributed by atoms with Crippen LogP contribution in [0.15, 0.2) is 27.5 Å². The lowest BCUT2D eigenvalue weighted by molar-refractivity contribution is 0.0730. The minimum absolute atomic E-state index is 0.234. The molecule has 1 saturated heterocycles. The van der Waals surface area contributed by atoms with Crippen LogP contribution in [-0.2, 0) is 14.8 Å². The van der Waals surface area contributed by atoms with Crippen LogP contribution in [-0.4, -0.2) is 44.0 Å². The second-order valence-corrected chi connectivity index (χ2v) is 6.32. The summed E-state index contributed by atoms with van der Waals surface area (Å²) in [6, 6.07) is 4.76. The maximum absolute atomic E-state index is 12.4. The van der Waals surface area contributed by atoms with Crippen LogP contribution in [0, 0.1) is 6.92 Å². The summed E-state index contributed by atoms with van der Waals surface area (Å²) in [7, 11) is -3.48. The molecule has 1 aliphatic rings. The van der Waals surface area contributed by atoms with Gasteiger partial charge in [0, 0.05) is 26.1 Å². The zero-order valence-electron chi connectivity index (χ0n) is 10.5. The number of hydrogen-bond donors (Lipinski definition) is 0. The zero-order chi connectivity index (χ0) is 13.5. The molecule has 7 heteroatoms. The van der Waals surface area contributed by atoms with Gasteiger partial charge in [-0.2, -0.15) is 4.31 Å². The molecule has 19 heavy (non-hydrogen) atoms. The van der Waals surface area contributed by atoms with E-state index in [0.29, 0.717) is 43.3 Å². The molecule has 0 radical (unpaired) electrons. The molecular formula is C12H14N2O4S. The van der Waals surface area contributed by atoms with Crippen molar-refractivity contribution in [2.45, 2.75) is 11.8 Å². The summed E-state index contributed by atoms with van der Waals surface area (Å²) in [6.07, 6.45) is 0. The molecule has 0 aliphatic carbocycles. The highest BCUT2D eigenvalue weighted by atomic mass is 32.2. The summed E-state index contributed by atoms with van der Waals surface area (Å²) < 4.78 is 36.9. The SMILES string of the molecule is Cc1nc2ccc(S(=O)(=O)N3CCOCC3)cc2o1. The average Bonchev–Trinajstić information content (AvgIpc) is 2.78. The van der Waals surface area contributed by atoms with E-state index in [4.69, 9.17) is 9.15 Å². The number of benzene rings is 1. The first-order valence-electron chi connectivity index (χ1n) is 6.02. The number of rotatable bonds is 2. The molecule has 0 unspecified atom stereocenters. The normalized spacial score (nSPS) is 17.9. The van der Waals surface area contributed by atoms with Crippen molar-refractivity contribution in [1.82, 2.24) is 9.29 Å². The number of nitrogens with zero attached hydrogens (tertiary/aromatic N) is 2. The lowest BCUT2D eigenvalue weighted by Gasteiger charge is -2.25. The van der Waals surface area contributed by atoms with E-state index in [2.05, 4.69) is 4.98 Å². The Balaban J connectivity index is 2.02. The van der Waals surface area contributed by atoms with E-state index >= 15 is 0 Å². The summed E-state index contributed by atoms with van der Waals surface area (Å²) >= 11 is 0. The second kappa shape index (κ2) is 4.59. The maximum Gasteiger partial charge on any atom is 0.243 e. The first-order valence-corrected chi connectivity index (χ1v) is 7.46. The summed E-state index contributed by atoms with van der Waals surface area (Å²) in [5, 5.41) is 0. The molecule has 0 amide bonds. The predicted molar refractivity (Wildman–Crippen MR) is 68.3 cm³/mol. The minimum Gasteiger partial charge on any atom is -0.441 e. The summed E-state index contributed by atoms with van der Waals surface area (Å²) in [5.41, 5.74) is 1.16. The van der Waals surface area contributed by atoms with Gasteiger partial charge in [0.25, 0.3) is 0 Å². The van der Waals surface area contributed by atoms with Crippen molar-refractivity contribution >= 4 is 21.1 Å². The van der Waals surface area contributed by atoms with Gasteiger partial charge in [-0.25, -0.2) is 13.4 Å². The van der Waals surface area contributed by atoms with E-state index in [1.807, 2.05) is 0 Å². The van der Waals surface area contributed by atoms with Crippen LogP contribution in [0.25, 0.3) is 11.1 Å². The lowest BCUT2D eigenvalue weighted by atomic mass is 10.3. The standard InChI is InChI=1S/C12H14N2O4S/c1-9-13-11-3-2-10(8-12(11)18-9)19(15,16)14-4-6-17-7-5-14/h2-3,8H,4-7H2,1H3. The molecule has 6 nitrogen and oxygen atoms in total. The number of oxazole rings is 1. The van der Waals surface area contributed by atoms with Gasteiger partial charge in [-0.3, -0.25) is 0 Å². The molecule has 0 saturated carbocycles. The van der Waals surface area contributed by atoms with E-state index in [0.717, 1.165) is 0 Å². The molecule has 0 bridgehead atoms. The Morgan fingerprint density at radius 2 is 2.00 bits per heavy atom. The lowest BCUT2D eigenvalue weighted by Crippen LogP contribution is -2.40. The van der Waals surface area contributed by atoms with E-state index in [1.165, 1.54) is 10.4 Å². The number of aromatic nitrogens is 1. The number of hydrogen-bond acceptors (Lipinski definition) is 5. The Morgan fingerprint density at radius 1 is 1.26 bits per heavy atom. The third kappa shape index (κ3) is 2.24. The Labute approximate surface area is 111 Å². The van der Waals surface area contributed by atoms with E-state index < -0.39 is 10.0 Å². The molecule has 1 aromatic heterocycles. The average molecular weight is 282 g/mol. The van der Waals surface area contributed by atoms with Crippen LogP contribution in [0.3, 0.4) is 0 Å². The number of morpholine rings is 1. The van der Waals surface area contributed by atoms with Gasteiger partial charge in [-0.1, -0.05) is 0 Å². The number of aryl methyl sites for hydroxylation is 1. The van der Waals surface area contributed by atoms with Crippen molar-refractivity contribution in [2.24, 2.45) is 0 Å². The summed E-state index contributed by atoms with van der Waals surface area (Å²) in [5.74, 6) is 0.524. The van der Waals surface area contributed by atoms with Crippen LogP contribution in [0.5, 0.6) is 0 Å². The first-order chi connectivity index (χ1) is 9.07. The predicted octanol–water partition coefficient (Wildman–Crippen LogP) is 1.16. The van der Waals surface area contributed by atoms with Gasteiger partial charge in [0.05, 0.1) is 18.1 Å². The fourth-order valence-electron chi connectivity index (χ4n) is 2.12. The Morgan fingerprint density at radius 3 is 2.74 bits per heavy atom. The molecule has 1 aromatic carbocycles. The highest BCUT2D eigenvalue weighted by Crippen LogP contribution is 2.22. The molecular weight excluding hydrogens is 268 g/mol. The monoisotopic (exact) mass is 282 g/mol. The Hall–Kier alpha value is -1.44. The van der Waals surface area contributed by atoms with Crippen molar-refractivity contribution in [2.75, 3.05) is 26.3 Å². The Kier molecular flexibility index (Phi) is 3.04. The fourth-order valence-corrected chi connectivity index (χ4v) is 3.54. The number of fused-ring (bicyclic) bond motifs is 1. The van der Waals surface area contributed by atoms with Crippen LogP contribution in [0.1, 0.15) is 5.89 Å².